The van der Waals surface area contributed by atoms with E-state index in [0.29, 0.717) is 22.4 Å². The standard InChI is InChI=1S/C15H24N2O3S/c1-8(2)20-13-12(16)14(9(3)18)21-15(13)17-10-4-6-11(19)7-5-10/h8,10-11,17,19H,4-7,16H2,1-3H3. The number of carbonyl (C=O) groups excluding carboxylic acids is 1. The number of hydrogen-bond acceptors (Lipinski definition) is 6. The molecule has 0 unspecified atom stereocenters. The number of thiophene rings is 1. The predicted molar refractivity (Wildman–Crippen MR) is 86.4 cm³/mol. The van der Waals surface area contributed by atoms with Crippen molar-refractivity contribution in [3.05, 3.63) is 4.88 Å². The number of rotatable bonds is 5. The first-order chi connectivity index (χ1) is 9.88. The molecule has 1 aromatic rings. The molecule has 0 spiro atoms. The van der Waals surface area contributed by atoms with Gasteiger partial charge in [-0.3, -0.25) is 4.79 Å². The Balaban J connectivity index is 2.20. The molecule has 2 rings (SSSR count). The number of aliphatic hydroxyl groups excluding tert-OH is 1. The fraction of sp³-hybridized carbons (Fsp3) is 0.667. The van der Waals surface area contributed by atoms with Crippen molar-refractivity contribution >= 4 is 27.8 Å². The minimum Gasteiger partial charge on any atom is -0.486 e. The van der Waals surface area contributed by atoms with Gasteiger partial charge in [0.05, 0.1) is 22.8 Å². The average Bonchev–Trinajstić information content (AvgIpc) is 2.70. The second-order valence-corrected chi connectivity index (χ2v) is 6.90. The van der Waals surface area contributed by atoms with Crippen LogP contribution < -0.4 is 15.8 Å². The van der Waals surface area contributed by atoms with Crippen LogP contribution in [0.4, 0.5) is 10.7 Å². The highest BCUT2D eigenvalue weighted by Crippen LogP contribution is 2.44. The van der Waals surface area contributed by atoms with Crippen LogP contribution in [0.25, 0.3) is 0 Å². The molecule has 1 heterocycles. The fourth-order valence-electron chi connectivity index (χ4n) is 2.54. The Morgan fingerprint density at radius 2 is 2.00 bits per heavy atom. The summed E-state index contributed by atoms with van der Waals surface area (Å²) in [6.45, 7) is 5.39. The Morgan fingerprint density at radius 3 is 2.52 bits per heavy atom. The van der Waals surface area contributed by atoms with E-state index in [4.69, 9.17) is 10.5 Å². The van der Waals surface area contributed by atoms with Crippen molar-refractivity contribution in [1.29, 1.82) is 0 Å². The Labute approximate surface area is 129 Å². The molecular weight excluding hydrogens is 288 g/mol. The largest absolute Gasteiger partial charge is 0.486 e. The summed E-state index contributed by atoms with van der Waals surface area (Å²) in [7, 11) is 0. The van der Waals surface area contributed by atoms with Crippen LogP contribution in [0.1, 0.15) is 56.1 Å². The van der Waals surface area contributed by atoms with Gasteiger partial charge in [0.1, 0.15) is 5.00 Å². The summed E-state index contributed by atoms with van der Waals surface area (Å²) in [4.78, 5) is 12.2. The summed E-state index contributed by atoms with van der Waals surface area (Å²) in [6, 6.07) is 0.292. The van der Waals surface area contributed by atoms with Crippen molar-refractivity contribution < 1.29 is 14.6 Å². The van der Waals surface area contributed by atoms with Crippen LogP contribution >= 0.6 is 11.3 Å². The summed E-state index contributed by atoms with van der Waals surface area (Å²) >= 11 is 1.36. The molecule has 1 aliphatic carbocycles. The van der Waals surface area contributed by atoms with E-state index >= 15 is 0 Å². The molecule has 0 bridgehead atoms. The van der Waals surface area contributed by atoms with Crippen molar-refractivity contribution in [2.24, 2.45) is 0 Å². The minimum absolute atomic E-state index is 0.00423. The third kappa shape index (κ3) is 3.89. The molecule has 21 heavy (non-hydrogen) atoms. The molecule has 5 nitrogen and oxygen atoms in total. The van der Waals surface area contributed by atoms with E-state index in [1.165, 1.54) is 18.3 Å². The van der Waals surface area contributed by atoms with Crippen LogP contribution in [0.5, 0.6) is 5.75 Å². The molecule has 1 aliphatic rings. The molecule has 118 valence electrons. The number of ether oxygens (including phenoxy) is 1. The van der Waals surface area contributed by atoms with Gasteiger partial charge in [0.25, 0.3) is 0 Å². The van der Waals surface area contributed by atoms with Crippen LogP contribution in [0.3, 0.4) is 0 Å². The molecule has 0 atom stereocenters. The Bertz CT molecular complexity index is 505. The summed E-state index contributed by atoms with van der Waals surface area (Å²) in [5.74, 6) is 0.546. The maximum atomic E-state index is 11.7. The zero-order valence-corrected chi connectivity index (χ0v) is 13.6. The first kappa shape index (κ1) is 16.1. The van der Waals surface area contributed by atoms with Gasteiger partial charge < -0.3 is 20.9 Å². The van der Waals surface area contributed by atoms with Gasteiger partial charge in [-0.25, -0.2) is 0 Å². The van der Waals surface area contributed by atoms with Gasteiger partial charge in [-0.15, -0.1) is 11.3 Å². The molecule has 0 aromatic carbocycles. The first-order valence-corrected chi connectivity index (χ1v) is 8.24. The van der Waals surface area contributed by atoms with Gasteiger partial charge in [0.15, 0.2) is 11.5 Å². The number of aliphatic hydroxyl groups is 1. The van der Waals surface area contributed by atoms with Gasteiger partial charge in [-0.2, -0.15) is 0 Å². The Kier molecular flexibility index (Phi) is 5.11. The third-order valence-electron chi connectivity index (χ3n) is 3.60. The lowest BCUT2D eigenvalue weighted by molar-refractivity contribution is 0.102. The number of anilines is 2. The van der Waals surface area contributed by atoms with Crippen molar-refractivity contribution in [1.82, 2.24) is 0 Å². The highest BCUT2D eigenvalue weighted by atomic mass is 32.1. The summed E-state index contributed by atoms with van der Waals surface area (Å²) in [5, 5.41) is 13.8. The van der Waals surface area contributed by atoms with Crippen LogP contribution in [0, 0.1) is 0 Å². The minimum atomic E-state index is -0.185. The van der Waals surface area contributed by atoms with Crippen LogP contribution in [-0.2, 0) is 0 Å². The van der Waals surface area contributed by atoms with Crippen LogP contribution in [0.2, 0.25) is 0 Å². The van der Waals surface area contributed by atoms with Gasteiger partial charge in [0.2, 0.25) is 0 Å². The zero-order chi connectivity index (χ0) is 15.6. The summed E-state index contributed by atoms with van der Waals surface area (Å²) < 4.78 is 5.79. The van der Waals surface area contributed by atoms with Crippen LogP contribution in [0.15, 0.2) is 0 Å². The molecule has 0 saturated heterocycles. The van der Waals surface area contributed by atoms with E-state index in [2.05, 4.69) is 5.32 Å². The first-order valence-electron chi connectivity index (χ1n) is 7.43. The maximum Gasteiger partial charge on any atom is 0.177 e. The zero-order valence-electron chi connectivity index (χ0n) is 12.8. The van der Waals surface area contributed by atoms with Crippen molar-refractivity contribution in [2.75, 3.05) is 11.1 Å². The molecule has 1 aromatic heterocycles. The van der Waals surface area contributed by atoms with Crippen molar-refractivity contribution in [3.63, 3.8) is 0 Å². The second kappa shape index (κ2) is 6.66. The summed E-state index contributed by atoms with van der Waals surface area (Å²) in [5.41, 5.74) is 6.50. The molecule has 0 amide bonds. The van der Waals surface area contributed by atoms with E-state index in [9.17, 15) is 9.90 Å². The van der Waals surface area contributed by atoms with Gasteiger partial charge in [-0.1, -0.05) is 0 Å². The van der Waals surface area contributed by atoms with Gasteiger partial charge >= 0.3 is 0 Å². The number of Topliss-reactive ketones (excluding diaryl/α,β-unsaturated/α-hetero) is 1. The molecular formula is C15H24N2O3S. The molecule has 0 aliphatic heterocycles. The lowest BCUT2D eigenvalue weighted by atomic mass is 9.93. The monoisotopic (exact) mass is 312 g/mol. The van der Waals surface area contributed by atoms with E-state index in [-0.39, 0.29) is 18.0 Å². The summed E-state index contributed by atoms with van der Waals surface area (Å²) in [6.07, 6.45) is 3.24. The van der Waals surface area contributed by atoms with E-state index in [1.54, 1.807) is 0 Å². The highest BCUT2D eigenvalue weighted by molar-refractivity contribution is 7.19. The Hall–Kier alpha value is -1.27. The molecule has 1 fully saturated rings. The molecule has 0 radical (unpaired) electrons. The van der Waals surface area contributed by atoms with Crippen molar-refractivity contribution in [3.8, 4) is 5.75 Å². The number of hydrogen-bond donors (Lipinski definition) is 3. The second-order valence-electron chi connectivity index (χ2n) is 5.88. The smallest absolute Gasteiger partial charge is 0.177 e. The van der Waals surface area contributed by atoms with E-state index < -0.39 is 0 Å². The maximum absolute atomic E-state index is 11.7. The number of carbonyl (C=O) groups is 1. The quantitative estimate of drug-likeness (QED) is 0.728. The lowest BCUT2D eigenvalue weighted by Crippen LogP contribution is -2.28. The highest BCUT2D eigenvalue weighted by Gasteiger charge is 2.25. The predicted octanol–water partition coefficient (Wildman–Crippen LogP) is 3.04. The molecule has 1 saturated carbocycles. The third-order valence-corrected chi connectivity index (χ3v) is 4.82. The van der Waals surface area contributed by atoms with Gasteiger partial charge in [0, 0.05) is 13.0 Å². The SMILES string of the molecule is CC(=O)c1sc(NC2CCC(O)CC2)c(OC(C)C)c1N. The van der Waals surface area contributed by atoms with Gasteiger partial charge in [-0.05, 0) is 39.5 Å². The molecule has 6 heteroatoms. The average molecular weight is 312 g/mol. The van der Waals surface area contributed by atoms with E-state index in [0.717, 1.165) is 30.7 Å². The number of nitrogen functional groups attached to an aromatic ring is 1. The fourth-order valence-corrected chi connectivity index (χ4v) is 3.57. The lowest BCUT2D eigenvalue weighted by Gasteiger charge is -2.27. The number of nitrogens with two attached hydrogens (primary N) is 1. The topological polar surface area (TPSA) is 84.6 Å². The van der Waals surface area contributed by atoms with Crippen molar-refractivity contribution in [2.45, 2.75) is 64.7 Å². The Morgan fingerprint density at radius 1 is 1.38 bits per heavy atom. The normalized spacial score (nSPS) is 22.3. The van der Waals surface area contributed by atoms with Crippen LogP contribution in [-0.4, -0.2) is 29.1 Å². The van der Waals surface area contributed by atoms with E-state index in [1.807, 2.05) is 13.8 Å². The molecule has 4 N–H and O–H groups in total. The number of nitrogens with one attached hydrogen (secondary N) is 1. The number of ketones is 1.